The predicted octanol–water partition coefficient (Wildman–Crippen LogP) is 0.175. The number of hydrogen-bond acceptors (Lipinski definition) is 5. The summed E-state index contributed by atoms with van der Waals surface area (Å²) in [6.07, 6.45) is 1.62. The molecule has 7 nitrogen and oxygen atoms in total. The number of sulfonamides is 2. The molecule has 1 fully saturated rings. The quantitative estimate of drug-likeness (QED) is 0.699. The van der Waals surface area contributed by atoms with Crippen molar-refractivity contribution in [3.05, 3.63) is 24.3 Å². The van der Waals surface area contributed by atoms with E-state index in [1.165, 1.54) is 18.2 Å². The van der Waals surface area contributed by atoms with Crippen LogP contribution in [0.5, 0.6) is 0 Å². The van der Waals surface area contributed by atoms with Gasteiger partial charge in [-0.25, -0.2) is 26.7 Å². The van der Waals surface area contributed by atoms with E-state index in [1.807, 2.05) is 6.92 Å². The van der Waals surface area contributed by atoms with Gasteiger partial charge in [0, 0.05) is 12.1 Å². The monoisotopic (exact) mass is 369 g/mol. The van der Waals surface area contributed by atoms with Gasteiger partial charge in [0.15, 0.2) is 0 Å². The van der Waals surface area contributed by atoms with Crippen molar-refractivity contribution in [3.63, 3.8) is 0 Å². The molecule has 0 radical (unpaired) electrons. The maximum absolute atomic E-state index is 12.4. The highest BCUT2D eigenvalue weighted by atomic mass is 35.5. The lowest BCUT2D eigenvalue weighted by atomic mass is 10.0. The highest BCUT2D eigenvalue weighted by molar-refractivity contribution is 7.90. The van der Waals surface area contributed by atoms with Gasteiger partial charge in [-0.15, -0.1) is 12.4 Å². The van der Waals surface area contributed by atoms with Crippen LogP contribution in [0.25, 0.3) is 0 Å². The van der Waals surface area contributed by atoms with Gasteiger partial charge in [-0.05, 0) is 44.5 Å². The number of nitrogens with one attached hydrogen (secondary N) is 2. The SMILES string of the molecule is CC1NCCCC1NS(=O)(=O)c1cccc(S(N)(=O)=O)c1.Cl. The average molecular weight is 370 g/mol. The van der Waals surface area contributed by atoms with Crippen LogP contribution in [0.4, 0.5) is 0 Å². The van der Waals surface area contributed by atoms with Gasteiger partial charge < -0.3 is 5.32 Å². The Morgan fingerprint density at radius 2 is 1.86 bits per heavy atom. The van der Waals surface area contributed by atoms with E-state index < -0.39 is 20.0 Å². The van der Waals surface area contributed by atoms with Crippen LogP contribution in [0.1, 0.15) is 19.8 Å². The minimum Gasteiger partial charge on any atom is -0.313 e. The number of piperidine rings is 1. The van der Waals surface area contributed by atoms with E-state index in [2.05, 4.69) is 10.0 Å². The lowest BCUT2D eigenvalue weighted by molar-refractivity contribution is 0.349. The first kappa shape index (κ1) is 19.3. The van der Waals surface area contributed by atoms with Gasteiger partial charge in [0.05, 0.1) is 9.79 Å². The number of nitrogens with two attached hydrogens (primary N) is 1. The van der Waals surface area contributed by atoms with Crippen LogP contribution in [0.15, 0.2) is 34.1 Å². The van der Waals surface area contributed by atoms with Crippen molar-refractivity contribution in [2.24, 2.45) is 5.14 Å². The molecular weight excluding hydrogens is 350 g/mol. The van der Waals surface area contributed by atoms with Crippen molar-refractivity contribution in [1.82, 2.24) is 10.0 Å². The topological polar surface area (TPSA) is 118 Å². The van der Waals surface area contributed by atoms with Crippen LogP contribution in [-0.4, -0.2) is 35.5 Å². The van der Waals surface area contributed by atoms with Crippen molar-refractivity contribution in [2.75, 3.05) is 6.54 Å². The summed E-state index contributed by atoms with van der Waals surface area (Å²) in [7, 11) is -7.72. The van der Waals surface area contributed by atoms with Gasteiger partial charge in [0.25, 0.3) is 0 Å². The molecule has 1 aromatic carbocycles. The third kappa shape index (κ3) is 4.64. The Morgan fingerprint density at radius 1 is 1.23 bits per heavy atom. The molecular formula is C12H20ClN3O4S2. The Balaban J connectivity index is 0.00000242. The summed E-state index contributed by atoms with van der Waals surface area (Å²) >= 11 is 0. The van der Waals surface area contributed by atoms with Gasteiger partial charge in [0.1, 0.15) is 0 Å². The van der Waals surface area contributed by atoms with Crippen LogP contribution in [0, 0.1) is 0 Å². The lowest BCUT2D eigenvalue weighted by Crippen LogP contribution is -2.51. The fourth-order valence-corrected chi connectivity index (χ4v) is 4.32. The first-order valence-corrected chi connectivity index (χ1v) is 9.62. The summed E-state index contributed by atoms with van der Waals surface area (Å²) in [5, 5.41) is 8.22. The van der Waals surface area contributed by atoms with E-state index in [-0.39, 0.29) is 34.3 Å². The maximum atomic E-state index is 12.4. The molecule has 1 aromatic rings. The van der Waals surface area contributed by atoms with Crippen molar-refractivity contribution in [2.45, 2.75) is 41.6 Å². The molecule has 126 valence electrons. The fourth-order valence-electron chi connectivity index (χ4n) is 2.29. The molecule has 2 rings (SSSR count). The molecule has 0 aromatic heterocycles. The van der Waals surface area contributed by atoms with Gasteiger partial charge in [-0.2, -0.15) is 0 Å². The maximum Gasteiger partial charge on any atom is 0.240 e. The van der Waals surface area contributed by atoms with Crippen molar-refractivity contribution >= 4 is 32.5 Å². The summed E-state index contributed by atoms with van der Waals surface area (Å²) in [6, 6.07) is 4.84. The second-order valence-electron chi connectivity index (χ2n) is 5.13. The molecule has 0 spiro atoms. The summed E-state index contributed by atoms with van der Waals surface area (Å²) in [4.78, 5) is -0.327. The standard InChI is InChI=1S/C12H19N3O4S2.ClH/c1-9-12(6-3-7-14-9)15-21(18,19)11-5-2-4-10(8-11)20(13,16)17;/h2,4-5,8-9,12,14-15H,3,6-7H2,1H3,(H2,13,16,17);1H. The van der Waals surface area contributed by atoms with Crippen molar-refractivity contribution in [1.29, 1.82) is 0 Å². The largest absolute Gasteiger partial charge is 0.313 e. The second kappa shape index (κ2) is 7.24. The van der Waals surface area contributed by atoms with E-state index in [4.69, 9.17) is 5.14 Å². The van der Waals surface area contributed by atoms with E-state index >= 15 is 0 Å². The highest BCUT2D eigenvalue weighted by Gasteiger charge is 2.27. The number of halogens is 1. The lowest BCUT2D eigenvalue weighted by Gasteiger charge is -2.30. The zero-order chi connectivity index (χ0) is 15.7. The third-order valence-corrected chi connectivity index (χ3v) is 5.91. The Morgan fingerprint density at radius 3 is 2.45 bits per heavy atom. The Kier molecular flexibility index (Phi) is 6.36. The van der Waals surface area contributed by atoms with E-state index in [0.29, 0.717) is 0 Å². The Hall–Kier alpha value is -0.710. The molecule has 1 heterocycles. The predicted molar refractivity (Wildman–Crippen MR) is 85.9 cm³/mol. The summed E-state index contributed by atoms with van der Waals surface area (Å²) in [5.74, 6) is 0. The summed E-state index contributed by atoms with van der Waals surface area (Å²) in [6.45, 7) is 2.77. The summed E-state index contributed by atoms with van der Waals surface area (Å²) < 4.78 is 49.9. The van der Waals surface area contributed by atoms with Crippen LogP contribution in [-0.2, 0) is 20.0 Å². The zero-order valence-electron chi connectivity index (χ0n) is 12.0. The van der Waals surface area contributed by atoms with E-state index in [9.17, 15) is 16.8 Å². The Bertz CT molecular complexity index is 722. The van der Waals surface area contributed by atoms with Gasteiger partial charge in [-0.3, -0.25) is 0 Å². The van der Waals surface area contributed by atoms with Gasteiger partial charge in [0.2, 0.25) is 20.0 Å². The van der Waals surface area contributed by atoms with Crippen LogP contribution >= 0.6 is 12.4 Å². The van der Waals surface area contributed by atoms with E-state index in [1.54, 1.807) is 0 Å². The first-order valence-electron chi connectivity index (χ1n) is 6.59. The normalized spacial score (nSPS) is 22.8. The molecule has 1 aliphatic heterocycles. The first-order chi connectivity index (χ1) is 9.70. The third-order valence-electron chi connectivity index (χ3n) is 3.51. The summed E-state index contributed by atoms with van der Waals surface area (Å²) in [5.41, 5.74) is 0. The van der Waals surface area contributed by atoms with Gasteiger partial charge >= 0.3 is 0 Å². The van der Waals surface area contributed by atoms with Crippen molar-refractivity contribution in [3.8, 4) is 0 Å². The minimum absolute atomic E-state index is 0. The highest BCUT2D eigenvalue weighted by Crippen LogP contribution is 2.17. The molecule has 22 heavy (non-hydrogen) atoms. The van der Waals surface area contributed by atoms with Crippen molar-refractivity contribution < 1.29 is 16.8 Å². The number of hydrogen-bond donors (Lipinski definition) is 3. The fraction of sp³-hybridized carbons (Fsp3) is 0.500. The second-order valence-corrected chi connectivity index (χ2v) is 8.41. The van der Waals surface area contributed by atoms with E-state index in [0.717, 1.165) is 25.5 Å². The molecule has 2 unspecified atom stereocenters. The molecule has 0 aliphatic carbocycles. The van der Waals surface area contributed by atoms with Crippen LogP contribution in [0.2, 0.25) is 0 Å². The molecule has 1 aliphatic rings. The Labute approximate surface area is 137 Å². The molecule has 0 saturated carbocycles. The van der Waals surface area contributed by atoms with Gasteiger partial charge in [-0.1, -0.05) is 6.07 Å². The van der Waals surface area contributed by atoms with Crippen LogP contribution < -0.4 is 15.2 Å². The zero-order valence-corrected chi connectivity index (χ0v) is 14.5. The molecule has 0 amide bonds. The number of rotatable bonds is 4. The minimum atomic E-state index is -3.93. The molecule has 0 bridgehead atoms. The van der Waals surface area contributed by atoms with Crippen LogP contribution in [0.3, 0.4) is 0 Å². The number of benzene rings is 1. The average Bonchev–Trinajstić information content (AvgIpc) is 2.40. The molecule has 4 N–H and O–H groups in total. The molecule has 2 atom stereocenters. The molecule has 1 saturated heterocycles. The number of primary sulfonamides is 1. The molecule has 10 heteroatoms. The smallest absolute Gasteiger partial charge is 0.240 e.